The van der Waals surface area contributed by atoms with E-state index in [4.69, 9.17) is 16.3 Å². The number of rotatable bonds is 8. The van der Waals surface area contributed by atoms with Gasteiger partial charge in [0.05, 0.1) is 5.02 Å². The van der Waals surface area contributed by atoms with Crippen LogP contribution in [0.1, 0.15) is 16.7 Å². The average molecular weight is 370 g/mol. The van der Waals surface area contributed by atoms with Crippen LogP contribution in [0.15, 0.2) is 72.8 Å². The van der Waals surface area contributed by atoms with Crippen LogP contribution in [0.4, 0.5) is 4.39 Å². The summed E-state index contributed by atoms with van der Waals surface area (Å²) >= 11 is 6.33. The van der Waals surface area contributed by atoms with Gasteiger partial charge in [0, 0.05) is 6.54 Å². The minimum Gasteiger partial charge on any atom is -0.487 e. The predicted molar refractivity (Wildman–Crippen MR) is 104 cm³/mol. The Kier molecular flexibility index (Phi) is 6.64. The molecule has 0 unspecified atom stereocenters. The topological polar surface area (TPSA) is 21.3 Å². The first-order chi connectivity index (χ1) is 12.7. The summed E-state index contributed by atoms with van der Waals surface area (Å²) in [6.45, 7) is 2.03. The van der Waals surface area contributed by atoms with Crippen LogP contribution in [0.25, 0.3) is 0 Å². The molecule has 0 heterocycles. The second-order valence-corrected chi connectivity index (χ2v) is 6.50. The van der Waals surface area contributed by atoms with E-state index in [1.807, 2.05) is 60.7 Å². The van der Waals surface area contributed by atoms with Gasteiger partial charge in [-0.25, -0.2) is 4.39 Å². The first-order valence-corrected chi connectivity index (χ1v) is 8.99. The van der Waals surface area contributed by atoms with Crippen molar-refractivity contribution in [2.45, 2.75) is 19.6 Å². The van der Waals surface area contributed by atoms with Gasteiger partial charge in [0.2, 0.25) is 0 Å². The molecule has 0 atom stereocenters. The fourth-order valence-electron chi connectivity index (χ4n) is 2.62. The zero-order valence-corrected chi connectivity index (χ0v) is 15.2. The highest BCUT2D eigenvalue weighted by Crippen LogP contribution is 2.26. The van der Waals surface area contributed by atoms with Crippen molar-refractivity contribution in [2.75, 3.05) is 6.54 Å². The van der Waals surface area contributed by atoms with Crippen LogP contribution in [0.3, 0.4) is 0 Å². The van der Waals surface area contributed by atoms with Crippen LogP contribution in [0.2, 0.25) is 5.02 Å². The Bertz CT molecular complexity index is 821. The Hall–Kier alpha value is -2.36. The van der Waals surface area contributed by atoms with Crippen molar-refractivity contribution in [1.29, 1.82) is 0 Å². The van der Waals surface area contributed by atoms with Crippen LogP contribution >= 0.6 is 11.6 Å². The van der Waals surface area contributed by atoms with Gasteiger partial charge in [0.25, 0.3) is 0 Å². The number of ether oxygens (including phenoxy) is 1. The summed E-state index contributed by atoms with van der Waals surface area (Å²) in [4.78, 5) is 0. The SMILES string of the molecule is Fc1ccc(CCNCc2ccc(OCc3ccccc3)c(Cl)c2)cc1. The Labute approximate surface area is 158 Å². The molecule has 0 amide bonds. The maximum absolute atomic E-state index is 12.9. The van der Waals surface area contributed by atoms with E-state index in [0.717, 1.165) is 36.2 Å². The summed E-state index contributed by atoms with van der Waals surface area (Å²) < 4.78 is 18.7. The number of nitrogens with one attached hydrogen (secondary N) is 1. The van der Waals surface area contributed by atoms with Gasteiger partial charge in [0.1, 0.15) is 18.2 Å². The highest BCUT2D eigenvalue weighted by atomic mass is 35.5. The summed E-state index contributed by atoms with van der Waals surface area (Å²) in [5, 5.41) is 3.99. The molecule has 4 heteroatoms. The molecule has 0 radical (unpaired) electrons. The Morgan fingerprint density at radius 3 is 2.31 bits per heavy atom. The van der Waals surface area contributed by atoms with Gasteiger partial charge < -0.3 is 10.1 Å². The molecule has 2 nitrogen and oxygen atoms in total. The van der Waals surface area contributed by atoms with Crippen molar-refractivity contribution in [3.63, 3.8) is 0 Å². The van der Waals surface area contributed by atoms with Gasteiger partial charge >= 0.3 is 0 Å². The van der Waals surface area contributed by atoms with Crippen LogP contribution < -0.4 is 10.1 Å². The Morgan fingerprint density at radius 1 is 0.846 bits per heavy atom. The lowest BCUT2D eigenvalue weighted by Crippen LogP contribution is -2.16. The molecule has 3 aromatic carbocycles. The zero-order chi connectivity index (χ0) is 18.2. The highest BCUT2D eigenvalue weighted by Gasteiger charge is 2.04. The molecule has 0 aliphatic rings. The summed E-state index contributed by atoms with van der Waals surface area (Å²) in [6.07, 6.45) is 0.853. The van der Waals surface area contributed by atoms with E-state index in [1.165, 1.54) is 12.1 Å². The monoisotopic (exact) mass is 369 g/mol. The summed E-state index contributed by atoms with van der Waals surface area (Å²) in [5.74, 6) is 0.483. The average Bonchev–Trinajstić information content (AvgIpc) is 2.67. The third-order valence-electron chi connectivity index (χ3n) is 4.07. The lowest BCUT2D eigenvalue weighted by molar-refractivity contribution is 0.306. The van der Waals surface area contributed by atoms with E-state index < -0.39 is 0 Å². The van der Waals surface area contributed by atoms with Crippen LogP contribution in [0.5, 0.6) is 5.75 Å². The molecule has 0 bridgehead atoms. The zero-order valence-electron chi connectivity index (χ0n) is 14.4. The Morgan fingerprint density at radius 2 is 1.58 bits per heavy atom. The Balaban J connectivity index is 1.45. The van der Waals surface area contributed by atoms with Crippen molar-refractivity contribution in [2.24, 2.45) is 0 Å². The third kappa shape index (κ3) is 5.58. The van der Waals surface area contributed by atoms with Gasteiger partial charge in [0.15, 0.2) is 0 Å². The lowest BCUT2D eigenvalue weighted by Gasteiger charge is -2.10. The molecule has 0 saturated carbocycles. The molecular formula is C22H21ClFNO. The summed E-state index contributed by atoms with van der Waals surface area (Å²) in [6, 6.07) is 22.4. The van der Waals surface area contributed by atoms with E-state index in [2.05, 4.69) is 5.32 Å². The third-order valence-corrected chi connectivity index (χ3v) is 4.36. The molecule has 1 N–H and O–H groups in total. The van der Waals surface area contributed by atoms with Gasteiger partial charge in [-0.3, -0.25) is 0 Å². The van der Waals surface area contributed by atoms with Crippen molar-refractivity contribution < 1.29 is 9.13 Å². The van der Waals surface area contributed by atoms with E-state index >= 15 is 0 Å². The molecule has 0 aromatic heterocycles. The number of hydrogen-bond donors (Lipinski definition) is 1. The lowest BCUT2D eigenvalue weighted by atomic mass is 10.1. The summed E-state index contributed by atoms with van der Waals surface area (Å²) in [5.41, 5.74) is 3.32. The molecular weight excluding hydrogens is 349 g/mol. The van der Waals surface area contributed by atoms with E-state index in [0.29, 0.717) is 17.4 Å². The molecule has 26 heavy (non-hydrogen) atoms. The number of halogens is 2. The van der Waals surface area contributed by atoms with Gasteiger partial charge in [-0.1, -0.05) is 60.1 Å². The van der Waals surface area contributed by atoms with Crippen molar-refractivity contribution in [3.8, 4) is 5.75 Å². The molecule has 0 fully saturated rings. The van der Waals surface area contributed by atoms with E-state index in [9.17, 15) is 4.39 Å². The quantitative estimate of drug-likeness (QED) is 0.537. The van der Waals surface area contributed by atoms with Gasteiger partial charge in [-0.15, -0.1) is 0 Å². The van der Waals surface area contributed by atoms with E-state index in [1.54, 1.807) is 0 Å². The van der Waals surface area contributed by atoms with Gasteiger partial charge in [-0.2, -0.15) is 0 Å². The van der Waals surface area contributed by atoms with E-state index in [-0.39, 0.29) is 5.82 Å². The molecule has 0 spiro atoms. The highest BCUT2D eigenvalue weighted by molar-refractivity contribution is 6.32. The number of benzene rings is 3. The molecule has 3 rings (SSSR count). The maximum atomic E-state index is 12.9. The smallest absolute Gasteiger partial charge is 0.138 e. The van der Waals surface area contributed by atoms with Crippen LogP contribution in [-0.4, -0.2) is 6.54 Å². The molecule has 0 saturated heterocycles. The molecule has 134 valence electrons. The second kappa shape index (κ2) is 9.37. The first-order valence-electron chi connectivity index (χ1n) is 8.61. The van der Waals surface area contributed by atoms with Crippen molar-refractivity contribution in [3.05, 3.63) is 100 Å². The fourth-order valence-corrected chi connectivity index (χ4v) is 2.88. The first kappa shape index (κ1) is 18.4. The van der Waals surface area contributed by atoms with Crippen LogP contribution in [0, 0.1) is 5.82 Å². The number of hydrogen-bond acceptors (Lipinski definition) is 2. The minimum atomic E-state index is -0.203. The summed E-state index contributed by atoms with van der Waals surface area (Å²) in [7, 11) is 0. The minimum absolute atomic E-state index is 0.203. The second-order valence-electron chi connectivity index (χ2n) is 6.09. The van der Waals surface area contributed by atoms with Crippen LogP contribution in [-0.2, 0) is 19.6 Å². The molecule has 0 aliphatic carbocycles. The van der Waals surface area contributed by atoms with Gasteiger partial charge in [-0.05, 0) is 53.9 Å². The largest absolute Gasteiger partial charge is 0.487 e. The predicted octanol–water partition coefficient (Wildman–Crippen LogP) is 5.39. The van der Waals surface area contributed by atoms with Crippen molar-refractivity contribution >= 4 is 11.6 Å². The maximum Gasteiger partial charge on any atom is 0.138 e. The fraction of sp³-hybridized carbons (Fsp3) is 0.182. The normalized spacial score (nSPS) is 10.7. The van der Waals surface area contributed by atoms with Crippen molar-refractivity contribution in [1.82, 2.24) is 5.32 Å². The standard InChI is InChI=1S/C22H21ClFNO/c23-21-14-19(15-25-13-12-17-6-9-20(24)10-7-17)8-11-22(21)26-16-18-4-2-1-3-5-18/h1-11,14,25H,12-13,15-16H2. The molecule has 3 aromatic rings. The molecule has 0 aliphatic heterocycles.